The summed E-state index contributed by atoms with van der Waals surface area (Å²) in [5, 5.41) is 19.7. The van der Waals surface area contributed by atoms with E-state index in [1.165, 1.54) is 19.2 Å². The van der Waals surface area contributed by atoms with Crippen LogP contribution in [0.4, 0.5) is 5.69 Å². The molecule has 0 aromatic heterocycles. The van der Waals surface area contributed by atoms with Crippen LogP contribution in [0.3, 0.4) is 0 Å². The number of methoxy groups -OCH3 is 1. The highest BCUT2D eigenvalue weighted by molar-refractivity contribution is 5.50. The van der Waals surface area contributed by atoms with Crippen LogP contribution in [0.1, 0.15) is 6.92 Å². The van der Waals surface area contributed by atoms with Gasteiger partial charge in [-0.2, -0.15) is 0 Å². The summed E-state index contributed by atoms with van der Waals surface area (Å²) in [7, 11) is 1.44. The Balaban J connectivity index is 2.87. The third-order valence-electron chi connectivity index (χ3n) is 2.20. The summed E-state index contributed by atoms with van der Waals surface area (Å²) in [4.78, 5) is 10.3. The Morgan fingerprint density at radius 3 is 2.76 bits per heavy atom. The number of hydrogen-bond donors (Lipinski definition) is 1. The van der Waals surface area contributed by atoms with E-state index in [0.717, 1.165) is 0 Å². The Bertz CT molecular complexity index is 393. The monoisotopic (exact) mass is 241 g/mol. The molecule has 1 N–H and O–H groups in total. The first-order valence-electron chi connectivity index (χ1n) is 5.14. The number of aliphatic hydroxyl groups excluding tert-OH is 1. The van der Waals surface area contributed by atoms with Gasteiger partial charge in [-0.3, -0.25) is 10.1 Å². The normalized spacial score (nSPS) is 11.9. The second-order valence-corrected chi connectivity index (χ2v) is 3.69. The Hall–Kier alpha value is -1.82. The van der Waals surface area contributed by atoms with Crippen LogP contribution in [0, 0.1) is 16.0 Å². The van der Waals surface area contributed by atoms with Crippen molar-refractivity contribution in [3.05, 3.63) is 28.3 Å². The van der Waals surface area contributed by atoms with E-state index in [-0.39, 0.29) is 30.6 Å². The number of hydrogen-bond acceptors (Lipinski definition) is 5. The summed E-state index contributed by atoms with van der Waals surface area (Å²) in [6.45, 7) is 1.99. The zero-order chi connectivity index (χ0) is 12.8. The van der Waals surface area contributed by atoms with Crippen LogP contribution in [0.2, 0.25) is 0 Å². The second kappa shape index (κ2) is 6.05. The van der Waals surface area contributed by atoms with E-state index in [1.807, 2.05) is 0 Å². The third-order valence-corrected chi connectivity index (χ3v) is 2.20. The maximum Gasteiger partial charge on any atom is 0.314 e. The Morgan fingerprint density at radius 2 is 2.24 bits per heavy atom. The van der Waals surface area contributed by atoms with Crippen molar-refractivity contribution < 1.29 is 19.5 Å². The molecule has 0 saturated heterocycles. The molecule has 1 unspecified atom stereocenters. The summed E-state index contributed by atoms with van der Waals surface area (Å²) in [6.07, 6.45) is 0. The van der Waals surface area contributed by atoms with Crippen molar-refractivity contribution >= 4 is 5.69 Å². The predicted octanol–water partition coefficient (Wildman–Crippen LogP) is 1.61. The van der Waals surface area contributed by atoms with E-state index in [2.05, 4.69) is 0 Å². The van der Waals surface area contributed by atoms with Crippen molar-refractivity contribution in [2.45, 2.75) is 6.92 Å². The molecule has 0 bridgehead atoms. The number of nitro groups is 1. The molecule has 1 aromatic rings. The van der Waals surface area contributed by atoms with Gasteiger partial charge in [0.2, 0.25) is 0 Å². The van der Waals surface area contributed by atoms with Gasteiger partial charge in [-0.15, -0.1) is 0 Å². The van der Waals surface area contributed by atoms with Gasteiger partial charge in [-0.05, 0) is 12.1 Å². The van der Waals surface area contributed by atoms with E-state index in [1.54, 1.807) is 13.0 Å². The van der Waals surface area contributed by atoms with Crippen LogP contribution < -0.4 is 9.47 Å². The van der Waals surface area contributed by atoms with Crippen molar-refractivity contribution in [2.75, 3.05) is 20.3 Å². The molecule has 0 spiro atoms. The first-order chi connectivity index (χ1) is 8.08. The average molecular weight is 241 g/mol. The van der Waals surface area contributed by atoms with Crippen LogP contribution in [0.5, 0.6) is 11.5 Å². The smallest absolute Gasteiger partial charge is 0.314 e. The van der Waals surface area contributed by atoms with Gasteiger partial charge in [0, 0.05) is 12.5 Å². The zero-order valence-corrected chi connectivity index (χ0v) is 9.75. The molecule has 0 aliphatic heterocycles. The van der Waals surface area contributed by atoms with Gasteiger partial charge in [0.1, 0.15) is 5.75 Å². The molecule has 0 saturated carbocycles. The summed E-state index contributed by atoms with van der Waals surface area (Å²) in [5.41, 5.74) is -0.144. The third kappa shape index (κ3) is 3.60. The molecule has 6 heteroatoms. The Kier molecular flexibility index (Phi) is 4.71. The highest BCUT2D eigenvalue weighted by Crippen LogP contribution is 2.31. The molecular weight excluding hydrogens is 226 g/mol. The summed E-state index contributed by atoms with van der Waals surface area (Å²) >= 11 is 0. The number of ether oxygens (including phenoxy) is 2. The molecule has 1 atom stereocenters. The lowest BCUT2D eigenvalue weighted by Gasteiger charge is -2.11. The van der Waals surface area contributed by atoms with E-state index in [0.29, 0.717) is 5.75 Å². The Morgan fingerprint density at radius 1 is 1.53 bits per heavy atom. The number of rotatable bonds is 6. The van der Waals surface area contributed by atoms with Gasteiger partial charge in [0.15, 0.2) is 5.75 Å². The van der Waals surface area contributed by atoms with Gasteiger partial charge >= 0.3 is 5.69 Å². The minimum Gasteiger partial charge on any atom is -0.496 e. The van der Waals surface area contributed by atoms with Crippen LogP contribution in [-0.4, -0.2) is 30.4 Å². The van der Waals surface area contributed by atoms with Crippen molar-refractivity contribution in [1.29, 1.82) is 0 Å². The topological polar surface area (TPSA) is 81.8 Å². The summed E-state index contributed by atoms with van der Waals surface area (Å²) in [6, 6.07) is 4.38. The number of nitrogens with zero attached hydrogens (tertiary/aromatic N) is 1. The maximum atomic E-state index is 10.8. The molecule has 0 radical (unpaired) electrons. The van der Waals surface area contributed by atoms with Gasteiger partial charge in [-0.1, -0.05) is 6.92 Å². The van der Waals surface area contributed by atoms with Crippen LogP contribution in [-0.2, 0) is 0 Å². The molecular formula is C11H15NO5. The quantitative estimate of drug-likeness (QED) is 0.604. The minimum absolute atomic E-state index is 0.0239. The highest BCUT2D eigenvalue weighted by Gasteiger charge is 2.17. The maximum absolute atomic E-state index is 10.8. The lowest BCUT2D eigenvalue weighted by molar-refractivity contribution is -0.386. The SMILES string of the molecule is COc1ccc(OCC(C)CO)c([N+](=O)[O-])c1. The average Bonchev–Trinajstić information content (AvgIpc) is 2.35. The molecule has 0 fully saturated rings. The van der Waals surface area contributed by atoms with Gasteiger partial charge in [0.05, 0.1) is 24.7 Å². The minimum atomic E-state index is -0.526. The molecule has 17 heavy (non-hydrogen) atoms. The summed E-state index contributed by atoms with van der Waals surface area (Å²) in [5.74, 6) is 0.507. The molecule has 0 aliphatic rings. The fraction of sp³-hybridized carbons (Fsp3) is 0.455. The van der Waals surface area contributed by atoms with Gasteiger partial charge in [0.25, 0.3) is 0 Å². The first kappa shape index (κ1) is 13.2. The summed E-state index contributed by atoms with van der Waals surface area (Å²) < 4.78 is 10.2. The van der Waals surface area contributed by atoms with Crippen LogP contribution >= 0.6 is 0 Å². The fourth-order valence-electron chi connectivity index (χ4n) is 1.17. The van der Waals surface area contributed by atoms with E-state index >= 15 is 0 Å². The van der Waals surface area contributed by atoms with E-state index in [4.69, 9.17) is 14.6 Å². The number of aliphatic hydroxyl groups is 1. The fourth-order valence-corrected chi connectivity index (χ4v) is 1.17. The molecule has 1 aromatic carbocycles. The van der Waals surface area contributed by atoms with Gasteiger partial charge < -0.3 is 14.6 Å². The predicted molar refractivity (Wildman–Crippen MR) is 61.4 cm³/mol. The van der Waals surface area contributed by atoms with E-state index in [9.17, 15) is 10.1 Å². The molecule has 94 valence electrons. The van der Waals surface area contributed by atoms with Crippen molar-refractivity contribution in [3.63, 3.8) is 0 Å². The first-order valence-corrected chi connectivity index (χ1v) is 5.14. The lowest BCUT2D eigenvalue weighted by atomic mass is 10.2. The van der Waals surface area contributed by atoms with Crippen molar-refractivity contribution in [1.82, 2.24) is 0 Å². The van der Waals surface area contributed by atoms with E-state index < -0.39 is 4.92 Å². The lowest BCUT2D eigenvalue weighted by Crippen LogP contribution is -2.12. The number of nitro benzene ring substituents is 1. The zero-order valence-electron chi connectivity index (χ0n) is 9.75. The van der Waals surface area contributed by atoms with Crippen LogP contribution in [0.15, 0.2) is 18.2 Å². The highest BCUT2D eigenvalue weighted by atomic mass is 16.6. The standard InChI is InChI=1S/C11H15NO5/c1-8(6-13)7-17-11-4-3-9(16-2)5-10(11)12(14)15/h3-5,8,13H,6-7H2,1-2H3. The molecule has 0 aliphatic carbocycles. The second-order valence-electron chi connectivity index (χ2n) is 3.69. The molecule has 0 heterocycles. The van der Waals surface area contributed by atoms with Crippen LogP contribution in [0.25, 0.3) is 0 Å². The number of benzene rings is 1. The van der Waals surface area contributed by atoms with Crippen molar-refractivity contribution in [3.8, 4) is 11.5 Å². The molecule has 0 amide bonds. The molecule has 1 rings (SSSR count). The van der Waals surface area contributed by atoms with Crippen molar-refractivity contribution in [2.24, 2.45) is 5.92 Å². The Labute approximate surface area is 98.9 Å². The van der Waals surface area contributed by atoms with Gasteiger partial charge in [-0.25, -0.2) is 0 Å². The molecule has 6 nitrogen and oxygen atoms in total. The largest absolute Gasteiger partial charge is 0.496 e.